The molecule has 0 bridgehead atoms. The van der Waals surface area contributed by atoms with E-state index in [4.69, 9.17) is 0 Å². The van der Waals surface area contributed by atoms with Gasteiger partial charge < -0.3 is 5.32 Å². The Hall–Kier alpha value is -3.15. The third-order valence-electron chi connectivity index (χ3n) is 4.41. The molecule has 0 saturated heterocycles. The van der Waals surface area contributed by atoms with E-state index in [0.29, 0.717) is 28.5 Å². The fraction of sp³-hybridized carbons (Fsp3) is 0.150. The minimum atomic E-state index is -3.69. The monoisotopic (exact) mass is 459 g/mol. The number of aromatic nitrogens is 3. The maximum atomic E-state index is 13.1. The molecule has 11 heteroatoms. The number of rotatable bonds is 7. The van der Waals surface area contributed by atoms with Crippen LogP contribution in [0.3, 0.4) is 0 Å². The average Bonchev–Trinajstić information content (AvgIpc) is 3.30. The molecule has 31 heavy (non-hydrogen) atoms. The lowest BCUT2D eigenvalue weighted by Gasteiger charge is -2.08. The van der Waals surface area contributed by atoms with E-state index in [0.717, 1.165) is 5.69 Å². The smallest absolute Gasteiger partial charge is 0.240 e. The molecule has 0 unspecified atom stereocenters. The van der Waals surface area contributed by atoms with E-state index >= 15 is 0 Å². The Bertz CT molecular complexity index is 1330. The molecule has 0 radical (unpaired) electrons. The van der Waals surface area contributed by atoms with Crippen LogP contribution in [0.15, 0.2) is 58.8 Å². The number of hydrogen-bond acceptors (Lipinski definition) is 6. The number of halogens is 1. The van der Waals surface area contributed by atoms with Crippen LogP contribution in [0.5, 0.6) is 0 Å². The number of carbonyl (C=O) groups excluding carboxylic acids is 1. The lowest BCUT2D eigenvalue weighted by molar-refractivity contribution is -0.114. The summed E-state index contributed by atoms with van der Waals surface area (Å²) in [4.78, 5) is 16.3. The molecule has 0 aliphatic carbocycles. The van der Waals surface area contributed by atoms with Crippen LogP contribution >= 0.6 is 11.3 Å². The number of hydrogen-bond donors (Lipinski definition) is 2. The highest BCUT2D eigenvalue weighted by atomic mass is 32.2. The SMILES string of the molecule is CC(=O)Nc1ccc(S(=O)(=O)NCCc2csc3nc(-c4ccc(F)cc4)nn23)cc1. The van der Waals surface area contributed by atoms with Crippen molar-refractivity contribution in [3.05, 3.63) is 65.4 Å². The zero-order valence-corrected chi connectivity index (χ0v) is 18.0. The largest absolute Gasteiger partial charge is 0.326 e. The zero-order valence-electron chi connectivity index (χ0n) is 16.4. The van der Waals surface area contributed by atoms with Crippen molar-refractivity contribution in [2.45, 2.75) is 18.2 Å². The summed E-state index contributed by atoms with van der Waals surface area (Å²) in [6, 6.07) is 11.9. The molecule has 2 heterocycles. The van der Waals surface area contributed by atoms with E-state index in [1.165, 1.54) is 54.7 Å². The first kappa shape index (κ1) is 21.1. The molecule has 1 amide bonds. The third kappa shape index (κ3) is 4.79. The fourth-order valence-electron chi connectivity index (χ4n) is 2.94. The second kappa shape index (κ2) is 8.53. The predicted octanol–water partition coefficient (Wildman–Crippen LogP) is 3.08. The molecule has 2 N–H and O–H groups in total. The van der Waals surface area contributed by atoms with Crippen molar-refractivity contribution in [1.29, 1.82) is 0 Å². The second-order valence-corrected chi connectivity index (χ2v) is 9.32. The van der Waals surface area contributed by atoms with Gasteiger partial charge in [-0.3, -0.25) is 4.79 Å². The van der Waals surface area contributed by atoms with Crippen LogP contribution in [0.25, 0.3) is 16.3 Å². The summed E-state index contributed by atoms with van der Waals surface area (Å²) in [5.41, 5.74) is 2.03. The van der Waals surface area contributed by atoms with Crippen LogP contribution in [0.2, 0.25) is 0 Å². The molecule has 2 aromatic carbocycles. The first-order valence-corrected chi connectivity index (χ1v) is 11.6. The maximum absolute atomic E-state index is 13.1. The van der Waals surface area contributed by atoms with Gasteiger partial charge in [-0.05, 0) is 48.5 Å². The van der Waals surface area contributed by atoms with Gasteiger partial charge in [-0.15, -0.1) is 16.4 Å². The number of fused-ring (bicyclic) bond motifs is 1. The second-order valence-electron chi connectivity index (χ2n) is 6.72. The summed E-state index contributed by atoms with van der Waals surface area (Å²) in [5.74, 6) is -0.0815. The molecule has 0 spiro atoms. The van der Waals surface area contributed by atoms with Gasteiger partial charge in [0.25, 0.3) is 0 Å². The van der Waals surface area contributed by atoms with Crippen LogP contribution in [0.1, 0.15) is 12.6 Å². The zero-order chi connectivity index (χ0) is 22.0. The molecular weight excluding hydrogens is 441 g/mol. The van der Waals surface area contributed by atoms with Crippen LogP contribution in [0.4, 0.5) is 10.1 Å². The molecule has 0 fully saturated rings. The number of nitrogens with one attached hydrogen (secondary N) is 2. The standard InChI is InChI=1S/C20H18FN5O3S2/c1-13(27)23-16-6-8-18(9-7-16)31(28,29)22-11-10-17-12-30-20-24-19(25-26(17)20)14-2-4-15(21)5-3-14/h2-9,12,22H,10-11H2,1H3,(H,23,27). The maximum Gasteiger partial charge on any atom is 0.240 e. The van der Waals surface area contributed by atoms with Gasteiger partial charge in [-0.1, -0.05) is 0 Å². The summed E-state index contributed by atoms with van der Waals surface area (Å²) in [6.45, 7) is 1.55. The minimum Gasteiger partial charge on any atom is -0.326 e. The lowest BCUT2D eigenvalue weighted by Crippen LogP contribution is -2.26. The summed E-state index contributed by atoms with van der Waals surface area (Å²) < 4.78 is 42.4. The van der Waals surface area contributed by atoms with Crippen molar-refractivity contribution >= 4 is 37.9 Å². The van der Waals surface area contributed by atoms with Crippen molar-refractivity contribution in [2.24, 2.45) is 0 Å². The van der Waals surface area contributed by atoms with Crippen molar-refractivity contribution in [3.8, 4) is 11.4 Å². The Morgan fingerprint density at radius 3 is 2.52 bits per heavy atom. The molecule has 160 valence electrons. The molecular formula is C20H18FN5O3S2. The molecule has 0 aliphatic heterocycles. The molecule has 0 atom stereocenters. The summed E-state index contributed by atoms with van der Waals surface area (Å²) in [7, 11) is -3.69. The summed E-state index contributed by atoms with van der Waals surface area (Å²) >= 11 is 1.40. The van der Waals surface area contributed by atoms with Crippen LogP contribution in [-0.4, -0.2) is 35.5 Å². The van der Waals surface area contributed by atoms with Crippen molar-refractivity contribution in [3.63, 3.8) is 0 Å². The van der Waals surface area contributed by atoms with Gasteiger partial charge in [-0.2, -0.15) is 4.98 Å². The number of nitrogens with zero attached hydrogens (tertiary/aromatic N) is 3. The van der Waals surface area contributed by atoms with E-state index in [9.17, 15) is 17.6 Å². The van der Waals surface area contributed by atoms with E-state index in [1.54, 1.807) is 16.6 Å². The number of thiazole rings is 1. The average molecular weight is 460 g/mol. The number of carbonyl (C=O) groups is 1. The number of anilines is 1. The Morgan fingerprint density at radius 1 is 1.13 bits per heavy atom. The Kier molecular flexibility index (Phi) is 5.81. The van der Waals surface area contributed by atoms with Crippen LogP contribution < -0.4 is 10.0 Å². The third-order valence-corrected chi connectivity index (χ3v) is 6.75. The van der Waals surface area contributed by atoms with Crippen molar-refractivity contribution < 1.29 is 17.6 Å². The fourth-order valence-corrected chi connectivity index (χ4v) is 4.82. The van der Waals surface area contributed by atoms with E-state index in [-0.39, 0.29) is 23.2 Å². The Labute approximate surface area is 181 Å². The van der Waals surface area contributed by atoms with Crippen molar-refractivity contribution in [1.82, 2.24) is 19.3 Å². The van der Waals surface area contributed by atoms with Gasteiger partial charge in [0.05, 0.1) is 10.6 Å². The molecule has 4 rings (SSSR count). The first-order chi connectivity index (χ1) is 14.8. The predicted molar refractivity (Wildman–Crippen MR) is 116 cm³/mol. The summed E-state index contributed by atoms with van der Waals surface area (Å²) in [5, 5.41) is 8.93. The quantitative estimate of drug-likeness (QED) is 0.442. The van der Waals surface area contributed by atoms with E-state index in [1.807, 2.05) is 5.38 Å². The summed E-state index contributed by atoms with van der Waals surface area (Å²) in [6.07, 6.45) is 0.412. The van der Waals surface area contributed by atoms with E-state index < -0.39 is 10.0 Å². The molecule has 0 saturated carbocycles. The highest BCUT2D eigenvalue weighted by Crippen LogP contribution is 2.21. The van der Waals surface area contributed by atoms with Gasteiger partial charge in [0, 0.05) is 36.5 Å². The van der Waals surface area contributed by atoms with Crippen LogP contribution in [0, 0.1) is 5.82 Å². The number of amides is 1. The topological polar surface area (TPSA) is 105 Å². The van der Waals surface area contributed by atoms with E-state index in [2.05, 4.69) is 20.1 Å². The number of benzene rings is 2. The lowest BCUT2D eigenvalue weighted by atomic mass is 10.2. The Morgan fingerprint density at radius 2 is 1.84 bits per heavy atom. The molecule has 8 nitrogen and oxygen atoms in total. The number of sulfonamides is 1. The van der Waals surface area contributed by atoms with Gasteiger partial charge in [0.2, 0.25) is 20.9 Å². The Balaban J connectivity index is 1.43. The molecule has 2 aromatic heterocycles. The molecule has 4 aromatic rings. The van der Waals surface area contributed by atoms with Crippen molar-refractivity contribution in [2.75, 3.05) is 11.9 Å². The molecule has 0 aliphatic rings. The van der Waals surface area contributed by atoms with Gasteiger partial charge in [0.15, 0.2) is 5.82 Å². The highest BCUT2D eigenvalue weighted by Gasteiger charge is 2.15. The van der Waals surface area contributed by atoms with Gasteiger partial charge in [-0.25, -0.2) is 22.0 Å². The van der Waals surface area contributed by atoms with Gasteiger partial charge >= 0.3 is 0 Å². The highest BCUT2D eigenvalue weighted by molar-refractivity contribution is 7.89. The van der Waals surface area contributed by atoms with Crippen LogP contribution in [-0.2, 0) is 21.2 Å². The minimum absolute atomic E-state index is 0.108. The van der Waals surface area contributed by atoms with Gasteiger partial charge in [0.1, 0.15) is 5.82 Å². The first-order valence-electron chi connectivity index (χ1n) is 9.28. The normalized spacial score (nSPS) is 11.7.